The van der Waals surface area contributed by atoms with Crippen LogP contribution in [0.2, 0.25) is 0 Å². The maximum absolute atomic E-state index is 12.6. The van der Waals surface area contributed by atoms with Crippen LogP contribution in [-0.4, -0.2) is 50.9 Å². The van der Waals surface area contributed by atoms with Gasteiger partial charge in [-0.25, -0.2) is 16.1 Å². The van der Waals surface area contributed by atoms with Crippen molar-refractivity contribution in [2.24, 2.45) is 11.3 Å². The zero-order valence-electron chi connectivity index (χ0n) is 18.6. The average Bonchev–Trinajstić information content (AvgIpc) is 3.35. The van der Waals surface area contributed by atoms with Crippen LogP contribution in [0.1, 0.15) is 52.3 Å². The maximum Gasteiger partial charge on any atom is 0.400 e. The van der Waals surface area contributed by atoms with Crippen LogP contribution in [0.3, 0.4) is 0 Å². The van der Waals surface area contributed by atoms with Crippen molar-refractivity contribution in [1.82, 2.24) is 14.6 Å². The van der Waals surface area contributed by atoms with Gasteiger partial charge in [0.15, 0.2) is 24.3 Å². The molecule has 0 bridgehead atoms. The molecule has 0 radical (unpaired) electrons. The average molecular weight is 441 g/mol. The second-order valence-corrected chi connectivity index (χ2v) is 10.1. The minimum Gasteiger partial charge on any atom is -0.454 e. The lowest BCUT2D eigenvalue weighted by atomic mass is 9.64. The molecular formula is C22H27N5O5. The fourth-order valence-corrected chi connectivity index (χ4v) is 5.10. The van der Waals surface area contributed by atoms with Gasteiger partial charge in [-0.15, -0.1) is 0 Å². The van der Waals surface area contributed by atoms with Crippen molar-refractivity contribution in [3.05, 3.63) is 35.6 Å². The Hall–Kier alpha value is -2.74. The van der Waals surface area contributed by atoms with Crippen LogP contribution in [0.5, 0.6) is 0 Å². The summed E-state index contributed by atoms with van der Waals surface area (Å²) in [5.74, 6) is -1.04. The summed E-state index contributed by atoms with van der Waals surface area (Å²) in [6.07, 6.45) is 0.907. The molecule has 0 unspecified atom stereocenters. The van der Waals surface area contributed by atoms with Crippen molar-refractivity contribution in [2.75, 3.05) is 12.3 Å². The smallest absolute Gasteiger partial charge is 0.400 e. The summed E-state index contributed by atoms with van der Waals surface area (Å²) in [5, 5.41) is 4.29. The molecule has 3 fully saturated rings. The SMILES string of the molecule is [C-]#[N+][C@]1(COC(=O)C2CC(C)(C)C2)O[C@@H](c2ccc3c(N)ncnn23)[C@@H]2OC(C)(C)O[C@@H]21. The molecule has 5 rings (SSSR count). The minimum absolute atomic E-state index is 0.146. The second-order valence-electron chi connectivity index (χ2n) is 10.1. The van der Waals surface area contributed by atoms with Crippen LogP contribution >= 0.6 is 0 Å². The van der Waals surface area contributed by atoms with E-state index in [9.17, 15) is 4.79 Å². The molecule has 2 aromatic rings. The number of hydrogen-bond donors (Lipinski definition) is 1. The first-order chi connectivity index (χ1) is 15.0. The summed E-state index contributed by atoms with van der Waals surface area (Å²) in [6.45, 7) is 15.5. The van der Waals surface area contributed by atoms with Gasteiger partial charge in [0.2, 0.25) is 0 Å². The number of rotatable bonds is 4. The third-order valence-corrected chi connectivity index (χ3v) is 6.55. The number of esters is 1. The summed E-state index contributed by atoms with van der Waals surface area (Å²) in [4.78, 5) is 20.4. The normalized spacial score (nSPS) is 32.9. The van der Waals surface area contributed by atoms with E-state index in [1.165, 1.54) is 6.33 Å². The highest BCUT2D eigenvalue weighted by atomic mass is 16.8. The first-order valence-electron chi connectivity index (χ1n) is 10.7. The summed E-state index contributed by atoms with van der Waals surface area (Å²) >= 11 is 0. The lowest BCUT2D eigenvalue weighted by molar-refractivity contribution is -0.211. The van der Waals surface area contributed by atoms with E-state index in [2.05, 4.69) is 28.8 Å². The number of carbonyl (C=O) groups is 1. The molecule has 4 atom stereocenters. The van der Waals surface area contributed by atoms with E-state index in [0.29, 0.717) is 17.0 Å². The number of hydrogen-bond acceptors (Lipinski definition) is 8. The summed E-state index contributed by atoms with van der Waals surface area (Å²) < 4.78 is 25.7. The number of carbonyl (C=O) groups excluding carboxylic acids is 1. The minimum atomic E-state index is -1.53. The fraction of sp³-hybridized carbons (Fsp3) is 0.636. The summed E-state index contributed by atoms with van der Waals surface area (Å²) in [7, 11) is 0. The number of ether oxygens (including phenoxy) is 4. The van der Waals surface area contributed by atoms with E-state index in [1.54, 1.807) is 24.4 Å². The number of fused-ring (bicyclic) bond motifs is 2. The van der Waals surface area contributed by atoms with Crippen molar-refractivity contribution in [3.8, 4) is 0 Å². The molecule has 10 nitrogen and oxygen atoms in total. The monoisotopic (exact) mass is 441 g/mol. The van der Waals surface area contributed by atoms with E-state index >= 15 is 0 Å². The standard InChI is InChI=1S/C22H27N5O5/c1-20(2)8-12(9-20)19(28)29-10-22(24-5)17-16(30-21(3,4)32-17)15(31-22)13-6-7-14-18(23)25-11-26-27(13)14/h6-7,11-12,15-17H,8-10H2,1-4H3,(H2,23,25,26)/t15-,16-,17-,22+/m0/s1. The van der Waals surface area contributed by atoms with Crippen molar-refractivity contribution in [1.29, 1.82) is 0 Å². The third-order valence-electron chi connectivity index (χ3n) is 6.55. The van der Waals surface area contributed by atoms with Gasteiger partial charge < -0.3 is 19.9 Å². The molecule has 2 aliphatic heterocycles. The molecule has 0 amide bonds. The van der Waals surface area contributed by atoms with Crippen LogP contribution in [0.15, 0.2) is 18.5 Å². The zero-order chi connectivity index (χ0) is 22.9. The predicted octanol–water partition coefficient (Wildman–Crippen LogP) is 2.50. The predicted molar refractivity (Wildman–Crippen MR) is 112 cm³/mol. The molecule has 10 heteroatoms. The van der Waals surface area contributed by atoms with Gasteiger partial charge >= 0.3 is 11.7 Å². The maximum atomic E-state index is 12.6. The Bertz CT molecular complexity index is 1110. The molecule has 0 spiro atoms. The molecule has 1 saturated carbocycles. The van der Waals surface area contributed by atoms with Gasteiger partial charge in [-0.05, 0) is 44.2 Å². The molecule has 1 aliphatic carbocycles. The molecule has 0 aromatic carbocycles. The van der Waals surface area contributed by atoms with Gasteiger partial charge in [-0.2, -0.15) is 5.10 Å². The van der Waals surface area contributed by atoms with Gasteiger partial charge in [0.05, 0.1) is 11.6 Å². The molecule has 2 aromatic heterocycles. The van der Waals surface area contributed by atoms with Crippen LogP contribution in [0, 0.1) is 17.9 Å². The van der Waals surface area contributed by atoms with E-state index in [1.807, 2.05) is 6.07 Å². The molecule has 4 heterocycles. The van der Waals surface area contributed by atoms with Crippen molar-refractivity contribution >= 4 is 17.3 Å². The quantitative estimate of drug-likeness (QED) is 0.569. The highest BCUT2D eigenvalue weighted by Gasteiger charge is 2.69. The van der Waals surface area contributed by atoms with Gasteiger partial charge in [0.25, 0.3) is 0 Å². The van der Waals surface area contributed by atoms with Crippen LogP contribution in [0.4, 0.5) is 5.82 Å². The van der Waals surface area contributed by atoms with E-state index in [0.717, 1.165) is 12.8 Å². The summed E-state index contributed by atoms with van der Waals surface area (Å²) in [5.41, 5.74) is 5.87. The van der Waals surface area contributed by atoms with Crippen molar-refractivity contribution < 1.29 is 23.7 Å². The zero-order valence-corrected chi connectivity index (χ0v) is 18.6. The Morgan fingerprint density at radius 1 is 1.28 bits per heavy atom. The largest absolute Gasteiger partial charge is 0.454 e. The first-order valence-corrected chi connectivity index (χ1v) is 10.7. The number of nitrogens with two attached hydrogens (primary N) is 1. The van der Waals surface area contributed by atoms with Crippen LogP contribution in [-0.2, 0) is 23.7 Å². The number of nitrogens with zero attached hydrogens (tertiary/aromatic N) is 4. The first kappa shape index (κ1) is 21.1. The number of aromatic nitrogens is 3. The van der Waals surface area contributed by atoms with Crippen LogP contribution in [0.25, 0.3) is 10.4 Å². The molecule has 32 heavy (non-hydrogen) atoms. The summed E-state index contributed by atoms with van der Waals surface area (Å²) in [6, 6.07) is 3.61. The Morgan fingerprint density at radius 2 is 2.03 bits per heavy atom. The number of anilines is 1. The van der Waals surface area contributed by atoms with Gasteiger partial charge in [0.1, 0.15) is 24.1 Å². The highest BCUT2D eigenvalue weighted by molar-refractivity contribution is 5.73. The lowest BCUT2D eigenvalue weighted by Crippen LogP contribution is -2.46. The third kappa shape index (κ3) is 3.23. The Morgan fingerprint density at radius 3 is 2.72 bits per heavy atom. The molecule has 2 N–H and O–H groups in total. The molecule has 3 aliphatic rings. The van der Waals surface area contributed by atoms with E-state index < -0.39 is 29.8 Å². The van der Waals surface area contributed by atoms with Gasteiger partial charge in [0, 0.05) is 0 Å². The molecule has 170 valence electrons. The van der Waals surface area contributed by atoms with Crippen molar-refractivity contribution in [2.45, 2.75) is 70.4 Å². The van der Waals surface area contributed by atoms with Gasteiger partial charge in [-0.3, -0.25) is 14.4 Å². The van der Waals surface area contributed by atoms with Crippen LogP contribution < -0.4 is 5.73 Å². The topological polar surface area (TPSA) is 115 Å². The van der Waals surface area contributed by atoms with E-state index in [4.69, 9.17) is 31.3 Å². The lowest BCUT2D eigenvalue weighted by Gasteiger charge is -2.40. The number of nitrogen functional groups attached to an aromatic ring is 1. The molecule has 2 saturated heterocycles. The highest BCUT2D eigenvalue weighted by Crippen LogP contribution is 2.51. The molecular weight excluding hydrogens is 414 g/mol. The fourth-order valence-electron chi connectivity index (χ4n) is 5.10. The Labute approximate surface area is 185 Å². The van der Waals surface area contributed by atoms with E-state index in [-0.39, 0.29) is 23.9 Å². The Kier molecular flexibility index (Phi) is 4.54. The van der Waals surface area contributed by atoms with Crippen molar-refractivity contribution in [3.63, 3.8) is 0 Å². The Balaban J connectivity index is 1.44. The second kappa shape index (κ2) is 6.88. The van der Waals surface area contributed by atoms with Gasteiger partial charge in [-0.1, -0.05) is 13.8 Å².